The number of benzene rings is 1. The fourth-order valence-electron chi connectivity index (χ4n) is 1.78. The zero-order valence-corrected chi connectivity index (χ0v) is 13.1. The average molecular weight is 314 g/mol. The molecule has 0 unspecified atom stereocenters. The van der Waals surface area contributed by atoms with Crippen molar-refractivity contribution in [3.8, 4) is 5.75 Å². The lowest BCUT2D eigenvalue weighted by atomic mass is 10.0. The van der Waals surface area contributed by atoms with Crippen LogP contribution in [0.25, 0.3) is 0 Å². The molecule has 1 rings (SSSR count). The van der Waals surface area contributed by atoms with Gasteiger partial charge in [-0.2, -0.15) is 0 Å². The van der Waals surface area contributed by atoms with E-state index in [0.29, 0.717) is 17.2 Å². The number of rotatable bonds is 7. The van der Waals surface area contributed by atoms with Crippen molar-refractivity contribution < 1.29 is 19.4 Å². The molecule has 1 aromatic rings. The zero-order chi connectivity index (χ0) is 16.0. The number of hydrogen-bond acceptors (Lipinski definition) is 3. The molecular formula is C15H20ClNO4. The minimum atomic E-state index is -1.04. The Morgan fingerprint density at radius 3 is 2.57 bits per heavy atom. The number of aliphatic carboxylic acids is 1. The predicted octanol–water partition coefficient (Wildman–Crippen LogP) is 2.64. The van der Waals surface area contributed by atoms with Crippen molar-refractivity contribution in [2.45, 2.75) is 33.2 Å². The molecule has 5 nitrogen and oxygen atoms in total. The molecule has 0 bridgehead atoms. The quantitative estimate of drug-likeness (QED) is 0.811. The van der Waals surface area contributed by atoms with Gasteiger partial charge in [-0.1, -0.05) is 25.4 Å². The molecule has 6 heteroatoms. The molecule has 0 aromatic heterocycles. The van der Waals surface area contributed by atoms with Gasteiger partial charge in [0.1, 0.15) is 11.8 Å². The molecule has 116 valence electrons. The molecule has 1 aromatic carbocycles. The van der Waals surface area contributed by atoms with Gasteiger partial charge in [-0.15, -0.1) is 0 Å². The Labute approximate surface area is 129 Å². The second-order valence-corrected chi connectivity index (χ2v) is 5.69. The monoisotopic (exact) mass is 313 g/mol. The highest BCUT2D eigenvalue weighted by Gasteiger charge is 2.21. The number of halogens is 1. The summed E-state index contributed by atoms with van der Waals surface area (Å²) in [5.41, 5.74) is 0.845. The van der Waals surface area contributed by atoms with Crippen LogP contribution in [0.2, 0.25) is 5.02 Å². The van der Waals surface area contributed by atoms with Crippen LogP contribution in [-0.4, -0.2) is 29.6 Å². The zero-order valence-electron chi connectivity index (χ0n) is 12.4. The van der Waals surface area contributed by atoms with Crippen LogP contribution in [0, 0.1) is 12.8 Å². The van der Waals surface area contributed by atoms with Crippen molar-refractivity contribution in [2.24, 2.45) is 5.92 Å². The lowest BCUT2D eigenvalue weighted by Crippen LogP contribution is -2.43. The summed E-state index contributed by atoms with van der Waals surface area (Å²) in [6.07, 6.45) is 0.376. The molecule has 0 spiro atoms. The van der Waals surface area contributed by atoms with Gasteiger partial charge in [-0.05, 0) is 43.0 Å². The highest BCUT2D eigenvalue weighted by Crippen LogP contribution is 2.20. The lowest BCUT2D eigenvalue weighted by Gasteiger charge is -2.16. The van der Waals surface area contributed by atoms with Gasteiger partial charge in [-0.3, -0.25) is 4.79 Å². The van der Waals surface area contributed by atoms with E-state index in [4.69, 9.17) is 21.4 Å². The second-order valence-electron chi connectivity index (χ2n) is 5.29. The van der Waals surface area contributed by atoms with Crippen molar-refractivity contribution in [3.05, 3.63) is 28.8 Å². The molecule has 2 N–H and O–H groups in total. The largest absolute Gasteiger partial charge is 0.484 e. The Kier molecular flexibility index (Phi) is 6.49. The minimum absolute atomic E-state index is 0.172. The first-order chi connectivity index (χ1) is 9.79. The number of amides is 1. The van der Waals surface area contributed by atoms with E-state index < -0.39 is 17.9 Å². The molecule has 0 aliphatic carbocycles. The van der Waals surface area contributed by atoms with E-state index in [1.165, 1.54) is 0 Å². The van der Waals surface area contributed by atoms with Crippen LogP contribution >= 0.6 is 11.6 Å². The van der Waals surface area contributed by atoms with Crippen LogP contribution in [0.4, 0.5) is 0 Å². The molecule has 21 heavy (non-hydrogen) atoms. The smallest absolute Gasteiger partial charge is 0.326 e. The summed E-state index contributed by atoms with van der Waals surface area (Å²) < 4.78 is 5.33. The van der Waals surface area contributed by atoms with Gasteiger partial charge in [0.2, 0.25) is 0 Å². The third kappa shape index (κ3) is 6.04. The van der Waals surface area contributed by atoms with Gasteiger partial charge in [0.25, 0.3) is 5.91 Å². The van der Waals surface area contributed by atoms with Crippen molar-refractivity contribution in [3.63, 3.8) is 0 Å². The van der Waals surface area contributed by atoms with Crippen molar-refractivity contribution >= 4 is 23.5 Å². The van der Waals surface area contributed by atoms with E-state index in [1.54, 1.807) is 18.2 Å². The van der Waals surface area contributed by atoms with Crippen molar-refractivity contribution in [1.82, 2.24) is 5.32 Å². The summed E-state index contributed by atoms with van der Waals surface area (Å²) >= 11 is 5.90. The molecule has 0 fully saturated rings. The first kappa shape index (κ1) is 17.3. The summed E-state index contributed by atoms with van der Waals surface area (Å²) in [5.74, 6) is -0.816. The van der Waals surface area contributed by atoms with Gasteiger partial charge in [0.05, 0.1) is 0 Å². The van der Waals surface area contributed by atoms with E-state index in [0.717, 1.165) is 5.56 Å². The number of ether oxygens (including phenoxy) is 1. The molecule has 0 heterocycles. The molecule has 1 atom stereocenters. The van der Waals surface area contributed by atoms with Gasteiger partial charge in [0.15, 0.2) is 6.61 Å². The highest BCUT2D eigenvalue weighted by atomic mass is 35.5. The number of carbonyl (C=O) groups excluding carboxylic acids is 1. The summed E-state index contributed by atoms with van der Waals surface area (Å²) in [7, 11) is 0. The summed E-state index contributed by atoms with van der Waals surface area (Å²) in [6.45, 7) is 5.39. The first-order valence-corrected chi connectivity index (χ1v) is 7.08. The standard InChI is InChI=1S/C15H20ClNO4/c1-9(2)6-13(15(19)20)17-14(18)8-21-11-4-5-12(16)10(3)7-11/h4-5,7,9,13H,6,8H2,1-3H3,(H,17,18)(H,19,20)/t13-/m0/s1. The Balaban J connectivity index is 2.52. The third-order valence-corrected chi connectivity index (χ3v) is 3.26. The fraction of sp³-hybridized carbons (Fsp3) is 0.467. The predicted molar refractivity (Wildman–Crippen MR) is 80.7 cm³/mol. The fourth-order valence-corrected chi connectivity index (χ4v) is 1.90. The third-order valence-electron chi connectivity index (χ3n) is 2.84. The Morgan fingerprint density at radius 1 is 1.38 bits per heavy atom. The van der Waals surface area contributed by atoms with Gasteiger partial charge in [0, 0.05) is 5.02 Å². The van der Waals surface area contributed by atoms with Gasteiger partial charge >= 0.3 is 5.97 Å². The number of carboxylic acids is 1. The van der Waals surface area contributed by atoms with Crippen LogP contribution in [-0.2, 0) is 9.59 Å². The topological polar surface area (TPSA) is 75.6 Å². The second kappa shape index (κ2) is 7.88. The molecular weight excluding hydrogens is 294 g/mol. The van der Waals surface area contributed by atoms with Crippen LogP contribution in [0.5, 0.6) is 5.75 Å². The first-order valence-electron chi connectivity index (χ1n) is 6.70. The van der Waals surface area contributed by atoms with Gasteiger partial charge in [-0.25, -0.2) is 4.79 Å². The highest BCUT2D eigenvalue weighted by molar-refractivity contribution is 6.31. The molecule has 0 saturated heterocycles. The van der Waals surface area contributed by atoms with E-state index in [9.17, 15) is 9.59 Å². The number of aryl methyl sites for hydroxylation is 1. The van der Waals surface area contributed by atoms with Crippen LogP contribution < -0.4 is 10.1 Å². The summed E-state index contributed by atoms with van der Waals surface area (Å²) in [6, 6.07) is 4.17. The SMILES string of the molecule is Cc1cc(OCC(=O)N[C@@H](CC(C)C)C(=O)O)ccc1Cl. The van der Waals surface area contributed by atoms with Gasteiger partial charge < -0.3 is 15.2 Å². The number of hydrogen-bond donors (Lipinski definition) is 2. The Bertz CT molecular complexity index is 516. The van der Waals surface area contributed by atoms with E-state index in [2.05, 4.69) is 5.32 Å². The van der Waals surface area contributed by atoms with E-state index >= 15 is 0 Å². The maximum atomic E-state index is 11.7. The average Bonchev–Trinajstić information content (AvgIpc) is 2.38. The number of carbonyl (C=O) groups is 2. The number of nitrogens with one attached hydrogen (secondary N) is 1. The lowest BCUT2D eigenvalue weighted by molar-refractivity contribution is -0.142. The molecule has 0 aliphatic heterocycles. The molecule has 0 aliphatic rings. The summed E-state index contributed by atoms with van der Waals surface area (Å²) in [5, 5.41) is 12.1. The van der Waals surface area contributed by atoms with E-state index in [1.807, 2.05) is 20.8 Å². The van der Waals surface area contributed by atoms with Crippen molar-refractivity contribution in [2.75, 3.05) is 6.61 Å². The normalized spacial score (nSPS) is 12.0. The number of carboxylic acid groups (broad SMARTS) is 1. The Morgan fingerprint density at radius 2 is 2.05 bits per heavy atom. The Hall–Kier alpha value is -1.75. The van der Waals surface area contributed by atoms with Crippen LogP contribution in [0.15, 0.2) is 18.2 Å². The molecule has 1 amide bonds. The maximum Gasteiger partial charge on any atom is 0.326 e. The van der Waals surface area contributed by atoms with Crippen LogP contribution in [0.1, 0.15) is 25.8 Å². The van der Waals surface area contributed by atoms with E-state index in [-0.39, 0.29) is 12.5 Å². The molecule has 0 saturated carbocycles. The summed E-state index contributed by atoms with van der Waals surface area (Å²) in [4.78, 5) is 22.8. The minimum Gasteiger partial charge on any atom is -0.484 e. The molecule has 0 radical (unpaired) electrons. The maximum absolute atomic E-state index is 11.7. The van der Waals surface area contributed by atoms with Crippen LogP contribution in [0.3, 0.4) is 0 Å². The van der Waals surface area contributed by atoms with Crippen molar-refractivity contribution in [1.29, 1.82) is 0 Å².